The van der Waals surface area contributed by atoms with Gasteiger partial charge in [-0.1, -0.05) is 24.3 Å². The highest BCUT2D eigenvalue weighted by Crippen LogP contribution is 2.53. The van der Waals surface area contributed by atoms with Gasteiger partial charge in [0.15, 0.2) is 0 Å². The summed E-state index contributed by atoms with van der Waals surface area (Å²) in [4.78, 5) is 27.2. The molecule has 2 amide bonds. The lowest BCUT2D eigenvalue weighted by Crippen LogP contribution is -2.41. The van der Waals surface area contributed by atoms with Gasteiger partial charge in [0.1, 0.15) is 0 Å². The molecule has 1 aromatic carbocycles. The first kappa shape index (κ1) is 17.2. The van der Waals surface area contributed by atoms with Crippen LogP contribution in [0, 0.1) is 23.7 Å². The molecule has 3 fully saturated rings. The molecule has 4 aliphatic rings. The smallest absolute Gasteiger partial charge is 0.399 e. The number of fused-ring (bicyclic) bond motifs is 5. The van der Waals surface area contributed by atoms with Crippen molar-refractivity contribution in [3.8, 4) is 0 Å². The Labute approximate surface area is 159 Å². The van der Waals surface area contributed by atoms with Crippen LogP contribution < -0.4 is 10.4 Å². The minimum atomic E-state index is -0.451. The van der Waals surface area contributed by atoms with Gasteiger partial charge in [-0.3, -0.25) is 14.5 Å². The molecular weight excluding hydrogens is 341 g/mol. The number of amides is 2. The highest BCUT2D eigenvalue weighted by Gasteiger charge is 2.59. The van der Waals surface area contributed by atoms with Crippen LogP contribution in [0.4, 0.5) is 5.69 Å². The van der Waals surface area contributed by atoms with Crippen LogP contribution in [0.15, 0.2) is 36.4 Å². The van der Waals surface area contributed by atoms with Crippen LogP contribution in [0.2, 0.25) is 0 Å². The first-order valence-electron chi connectivity index (χ1n) is 9.71. The first-order chi connectivity index (χ1) is 12.7. The standard InChI is InChI=1S/C21H24BNO4/c1-20(2)21(3,4)27-22(26-20)14-7-9-15(10-8-14)23-18(24)16-12-5-6-13(11-12)17(16)19(23)25/h5-10,12-13,16-17H,11H2,1-4H3/t12-,13-,16-,17+/m1/s1. The lowest BCUT2D eigenvalue weighted by Gasteiger charge is -2.32. The predicted molar refractivity (Wildman–Crippen MR) is 102 cm³/mol. The minimum absolute atomic E-state index is 0.0507. The highest BCUT2D eigenvalue weighted by atomic mass is 16.7. The van der Waals surface area contributed by atoms with E-state index in [1.807, 2.05) is 52.0 Å². The summed E-state index contributed by atoms with van der Waals surface area (Å²) < 4.78 is 12.2. The van der Waals surface area contributed by atoms with E-state index in [0.717, 1.165) is 11.9 Å². The van der Waals surface area contributed by atoms with Crippen LogP contribution >= 0.6 is 0 Å². The quantitative estimate of drug-likeness (QED) is 0.459. The fourth-order valence-electron chi connectivity index (χ4n) is 4.92. The van der Waals surface area contributed by atoms with E-state index in [-0.39, 0.29) is 35.5 Å². The lowest BCUT2D eigenvalue weighted by atomic mass is 9.79. The number of imide groups is 1. The van der Waals surface area contributed by atoms with Gasteiger partial charge in [0.05, 0.1) is 28.7 Å². The second-order valence-corrected chi connectivity index (χ2v) is 9.19. The normalized spacial score (nSPS) is 35.4. The Morgan fingerprint density at radius 2 is 1.37 bits per heavy atom. The SMILES string of the molecule is CC1(C)OB(c2ccc(N3C(=O)[C@@H]4[C@H](C3=O)[C@@H]3C=C[C@@H]4C3)cc2)OC1(C)C. The Kier molecular flexibility index (Phi) is 3.39. The molecule has 5 rings (SSSR count). The van der Waals surface area contributed by atoms with E-state index < -0.39 is 18.3 Å². The first-order valence-corrected chi connectivity index (χ1v) is 9.71. The topological polar surface area (TPSA) is 55.8 Å². The summed E-state index contributed by atoms with van der Waals surface area (Å²) in [6.45, 7) is 8.07. The molecule has 0 unspecified atom stereocenters. The number of allylic oxidation sites excluding steroid dienone is 2. The third-order valence-electron chi connectivity index (χ3n) is 7.15. The van der Waals surface area contributed by atoms with Gasteiger partial charge in [0.2, 0.25) is 11.8 Å². The predicted octanol–water partition coefficient (Wildman–Crippen LogP) is 2.30. The lowest BCUT2D eigenvalue weighted by molar-refractivity contribution is -0.123. The Morgan fingerprint density at radius 1 is 0.889 bits per heavy atom. The summed E-state index contributed by atoms with van der Waals surface area (Å²) in [5.74, 6) is 0.0111. The maximum atomic E-state index is 12.9. The van der Waals surface area contributed by atoms with E-state index >= 15 is 0 Å². The van der Waals surface area contributed by atoms with Gasteiger partial charge < -0.3 is 9.31 Å². The van der Waals surface area contributed by atoms with Gasteiger partial charge >= 0.3 is 7.12 Å². The molecule has 1 aromatic rings. The average Bonchev–Trinajstić information content (AvgIpc) is 3.32. The molecule has 6 heteroatoms. The number of benzene rings is 1. The zero-order chi connectivity index (χ0) is 19.1. The Balaban J connectivity index is 1.39. The van der Waals surface area contributed by atoms with Gasteiger partial charge in [-0.2, -0.15) is 0 Å². The zero-order valence-corrected chi connectivity index (χ0v) is 16.1. The molecule has 2 heterocycles. The van der Waals surface area contributed by atoms with E-state index in [9.17, 15) is 9.59 Å². The van der Waals surface area contributed by atoms with Crippen molar-refractivity contribution in [2.45, 2.75) is 45.3 Å². The zero-order valence-electron chi connectivity index (χ0n) is 16.1. The van der Waals surface area contributed by atoms with E-state index in [1.165, 1.54) is 4.90 Å². The fourth-order valence-corrected chi connectivity index (χ4v) is 4.92. The second kappa shape index (κ2) is 5.33. The van der Waals surface area contributed by atoms with Crippen molar-refractivity contribution in [1.82, 2.24) is 0 Å². The molecule has 4 atom stereocenters. The number of anilines is 1. The monoisotopic (exact) mass is 365 g/mol. The Morgan fingerprint density at radius 3 is 1.85 bits per heavy atom. The minimum Gasteiger partial charge on any atom is -0.399 e. The maximum absolute atomic E-state index is 12.9. The molecule has 27 heavy (non-hydrogen) atoms. The van der Waals surface area contributed by atoms with Gasteiger partial charge in [0, 0.05) is 0 Å². The van der Waals surface area contributed by atoms with Gasteiger partial charge in [-0.15, -0.1) is 0 Å². The van der Waals surface area contributed by atoms with Crippen LogP contribution in [-0.4, -0.2) is 30.1 Å². The van der Waals surface area contributed by atoms with E-state index in [0.29, 0.717) is 5.69 Å². The molecule has 140 valence electrons. The maximum Gasteiger partial charge on any atom is 0.494 e. The number of carbonyl (C=O) groups is 2. The number of rotatable bonds is 2. The summed E-state index contributed by atoms with van der Waals surface area (Å²) in [6, 6.07) is 7.43. The Hall–Kier alpha value is -1.92. The van der Waals surface area contributed by atoms with Gasteiger partial charge in [-0.05, 0) is 63.5 Å². The summed E-state index contributed by atoms with van der Waals surface area (Å²) in [5, 5.41) is 0. The average molecular weight is 365 g/mol. The third-order valence-corrected chi connectivity index (χ3v) is 7.15. The van der Waals surface area contributed by atoms with Gasteiger partial charge in [-0.25, -0.2) is 0 Å². The van der Waals surface area contributed by atoms with Crippen molar-refractivity contribution < 1.29 is 18.9 Å². The van der Waals surface area contributed by atoms with Gasteiger partial charge in [0.25, 0.3) is 0 Å². The van der Waals surface area contributed by atoms with E-state index in [1.54, 1.807) is 0 Å². The van der Waals surface area contributed by atoms with Crippen molar-refractivity contribution in [2.24, 2.45) is 23.7 Å². The van der Waals surface area contributed by atoms with Crippen molar-refractivity contribution in [3.05, 3.63) is 36.4 Å². The largest absolute Gasteiger partial charge is 0.494 e. The molecule has 2 bridgehead atoms. The number of hydrogen-bond acceptors (Lipinski definition) is 4. The number of hydrogen-bond donors (Lipinski definition) is 0. The van der Waals surface area contributed by atoms with Crippen LogP contribution in [0.3, 0.4) is 0 Å². The van der Waals surface area contributed by atoms with Crippen LogP contribution in [-0.2, 0) is 18.9 Å². The molecule has 2 aliphatic carbocycles. The molecule has 1 saturated carbocycles. The number of nitrogens with zero attached hydrogens (tertiary/aromatic N) is 1. The van der Waals surface area contributed by atoms with Crippen LogP contribution in [0.1, 0.15) is 34.1 Å². The highest BCUT2D eigenvalue weighted by molar-refractivity contribution is 6.62. The molecule has 2 aliphatic heterocycles. The van der Waals surface area contributed by atoms with Crippen LogP contribution in [0.5, 0.6) is 0 Å². The van der Waals surface area contributed by atoms with E-state index in [2.05, 4.69) is 12.2 Å². The summed E-state index contributed by atoms with van der Waals surface area (Å²) in [5.41, 5.74) is 0.722. The fraction of sp³-hybridized carbons (Fsp3) is 0.524. The molecule has 0 spiro atoms. The van der Waals surface area contributed by atoms with Crippen LogP contribution in [0.25, 0.3) is 0 Å². The van der Waals surface area contributed by atoms with Crippen molar-refractivity contribution >= 4 is 30.1 Å². The molecule has 0 aromatic heterocycles. The van der Waals surface area contributed by atoms with E-state index in [4.69, 9.17) is 9.31 Å². The molecule has 0 N–H and O–H groups in total. The number of carbonyl (C=O) groups excluding carboxylic acids is 2. The summed E-state index contributed by atoms with van der Waals surface area (Å²) >= 11 is 0. The molecular formula is C21H24BNO4. The molecule has 0 radical (unpaired) electrons. The molecule has 5 nitrogen and oxygen atoms in total. The Bertz CT molecular complexity index is 813. The third kappa shape index (κ3) is 2.26. The molecule has 2 saturated heterocycles. The van der Waals surface area contributed by atoms with Crippen molar-refractivity contribution in [2.75, 3.05) is 4.90 Å². The summed E-state index contributed by atoms with van der Waals surface area (Å²) in [7, 11) is -0.451. The van der Waals surface area contributed by atoms with Crippen molar-refractivity contribution in [1.29, 1.82) is 0 Å². The van der Waals surface area contributed by atoms with Crippen molar-refractivity contribution in [3.63, 3.8) is 0 Å². The second-order valence-electron chi connectivity index (χ2n) is 9.19. The summed E-state index contributed by atoms with van der Waals surface area (Å²) in [6.07, 6.45) is 5.17.